The molecule has 13 nitrogen and oxygen atoms in total. The van der Waals surface area contributed by atoms with E-state index in [0.717, 1.165) is 101 Å². The third kappa shape index (κ3) is 7.77. The molecule has 14 heteroatoms. The fourth-order valence-electron chi connectivity index (χ4n) is 9.50. The van der Waals surface area contributed by atoms with Gasteiger partial charge in [0.25, 0.3) is 5.91 Å². The third-order valence-electron chi connectivity index (χ3n) is 13.4. The van der Waals surface area contributed by atoms with Crippen LogP contribution in [-0.4, -0.2) is 108 Å². The van der Waals surface area contributed by atoms with E-state index in [1.54, 1.807) is 12.1 Å². The van der Waals surface area contributed by atoms with Crippen LogP contribution in [0.25, 0.3) is 33.4 Å². The van der Waals surface area contributed by atoms with Crippen molar-refractivity contribution in [2.75, 3.05) is 58.4 Å². The molecule has 7 atom stereocenters. The van der Waals surface area contributed by atoms with E-state index in [4.69, 9.17) is 19.4 Å². The van der Waals surface area contributed by atoms with Gasteiger partial charge in [0.1, 0.15) is 12.1 Å². The number of ether oxygens (including phenoxy) is 2. The molecule has 2 N–H and O–H groups in total. The summed E-state index contributed by atoms with van der Waals surface area (Å²) in [6, 6.07) is 7.42. The van der Waals surface area contributed by atoms with E-state index >= 15 is 0 Å². The second-order valence-electron chi connectivity index (χ2n) is 18.5. The quantitative estimate of drug-likeness (QED) is 0.232. The van der Waals surface area contributed by atoms with Crippen LogP contribution in [-0.2, 0) is 43.2 Å². The van der Waals surface area contributed by atoms with Gasteiger partial charge < -0.3 is 29.2 Å². The number of esters is 1. The number of methoxy groups -OCH3 is 1. The van der Waals surface area contributed by atoms with Crippen molar-refractivity contribution >= 4 is 45.7 Å². The van der Waals surface area contributed by atoms with Gasteiger partial charge in [-0.3, -0.25) is 24.4 Å². The maximum atomic E-state index is 14.3. The monoisotopic (exact) mass is 822 g/mol. The molecule has 3 aliphatic heterocycles. The molecule has 3 aromatic heterocycles. The molecule has 9 rings (SSSR count). The van der Waals surface area contributed by atoms with Gasteiger partial charge in [-0.2, -0.15) is 0 Å². The molecule has 4 fully saturated rings. The molecule has 2 saturated heterocycles. The van der Waals surface area contributed by atoms with E-state index in [2.05, 4.69) is 96.4 Å². The highest BCUT2D eigenvalue weighted by atomic mass is 32.1. The van der Waals surface area contributed by atoms with Gasteiger partial charge in [-0.05, 0) is 81.7 Å². The Balaban J connectivity index is 1.17. The maximum absolute atomic E-state index is 14.3. The van der Waals surface area contributed by atoms with Gasteiger partial charge in [-0.1, -0.05) is 26.8 Å². The highest BCUT2D eigenvalue weighted by molar-refractivity contribution is 7.10. The van der Waals surface area contributed by atoms with Crippen molar-refractivity contribution < 1.29 is 23.9 Å². The number of benzene rings is 1. The van der Waals surface area contributed by atoms with Gasteiger partial charge in [0, 0.05) is 91.5 Å². The average Bonchev–Trinajstić information content (AvgIpc) is 4.10. The lowest BCUT2D eigenvalue weighted by atomic mass is 9.84. The molecule has 0 radical (unpaired) electrons. The van der Waals surface area contributed by atoms with Gasteiger partial charge in [-0.25, -0.2) is 10.4 Å². The molecule has 2 amide bonds. The van der Waals surface area contributed by atoms with E-state index in [-0.39, 0.29) is 54.7 Å². The van der Waals surface area contributed by atoms with Gasteiger partial charge >= 0.3 is 5.97 Å². The van der Waals surface area contributed by atoms with Crippen LogP contribution >= 0.6 is 11.3 Å². The van der Waals surface area contributed by atoms with Crippen LogP contribution in [0.15, 0.2) is 35.8 Å². The molecule has 59 heavy (non-hydrogen) atoms. The number of aryl methyl sites for hydroxylation is 1. The molecule has 2 saturated carbocycles. The number of fused-ring (bicyclic) bond motifs is 8. The Morgan fingerprint density at radius 2 is 1.93 bits per heavy atom. The first-order chi connectivity index (χ1) is 28.3. The van der Waals surface area contributed by atoms with E-state index in [1.165, 1.54) is 11.3 Å². The van der Waals surface area contributed by atoms with E-state index < -0.39 is 17.5 Å². The topological polar surface area (TPSA) is 134 Å². The number of nitrogens with zero attached hydrogens (tertiary/aromatic N) is 6. The molecule has 6 heterocycles. The zero-order chi connectivity index (χ0) is 41.3. The van der Waals surface area contributed by atoms with Crippen molar-refractivity contribution in [3.05, 3.63) is 52.1 Å². The molecule has 5 aliphatic rings. The fraction of sp³-hybridized carbons (Fsp3) is 0.578. The van der Waals surface area contributed by atoms with Crippen molar-refractivity contribution in [1.29, 1.82) is 0 Å². The first-order valence-corrected chi connectivity index (χ1v) is 22.3. The largest absolute Gasteiger partial charge is 0.464 e. The predicted octanol–water partition coefficient (Wildman–Crippen LogP) is 5.47. The Kier molecular flexibility index (Phi) is 10.6. The van der Waals surface area contributed by atoms with Crippen molar-refractivity contribution in [2.24, 2.45) is 29.1 Å². The number of rotatable bonds is 7. The Hall–Kier alpha value is -4.37. The number of hydrogen-bond donors (Lipinski definition) is 2. The Morgan fingerprint density at radius 3 is 2.66 bits per heavy atom. The lowest BCUT2D eigenvalue weighted by Gasteiger charge is -2.35. The maximum Gasteiger partial charge on any atom is 0.325 e. The van der Waals surface area contributed by atoms with Crippen molar-refractivity contribution in [3.63, 3.8) is 0 Å². The van der Waals surface area contributed by atoms with Crippen LogP contribution < -0.4 is 15.6 Å². The molecule has 1 aromatic carbocycles. The molecule has 4 aromatic rings. The third-order valence-corrected chi connectivity index (χ3v) is 14.3. The summed E-state index contributed by atoms with van der Waals surface area (Å²) in [7, 11) is 3.90. The normalized spacial score (nSPS) is 27.5. The second-order valence-corrected chi connectivity index (χ2v) is 19.4. The number of thiazole rings is 1. The average molecular weight is 823 g/mol. The summed E-state index contributed by atoms with van der Waals surface area (Å²) in [5.74, 6) is -0.172. The summed E-state index contributed by atoms with van der Waals surface area (Å²) in [5, 5.41) is 8.57. The van der Waals surface area contributed by atoms with Crippen molar-refractivity contribution in [1.82, 2.24) is 35.2 Å². The van der Waals surface area contributed by atoms with Crippen LogP contribution in [0, 0.1) is 29.1 Å². The van der Waals surface area contributed by atoms with Crippen LogP contribution in [0.3, 0.4) is 0 Å². The molecule has 0 unspecified atom stereocenters. The van der Waals surface area contributed by atoms with Gasteiger partial charge in [0.05, 0.1) is 46.7 Å². The summed E-state index contributed by atoms with van der Waals surface area (Å²) in [4.78, 5) is 56.6. The summed E-state index contributed by atoms with van der Waals surface area (Å²) in [6.07, 6.45) is 4.29. The number of piperazine rings is 1. The smallest absolute Gasteiger partial charge is 0.325 e. The number of carbonyl (C=O) groups excluding carboxylic acids is 3. The lowest BCUT2D eigenvalue weighted by Crippen LogP contribution is -2.61. The van der Waals surface area contributed by atoms with Gasteiger partial charge in [0.15, 0.2) is 0 Å². The number of cyclic esters (lactones) is 1. The van der Waals surface area contributed by atoms with E-state index in [0.29, 0.717) is 18.9 Å². The predicted molar refractivity (Wildman–Crippen MR) is 229 cm³/mol. The zero-order valence-electron chi connectivity index (χ0n) is 35.4. The Bertz CT molecular complexity index is 2280. The standard InChI is InChI=1S/C45H58N8O5S/c1-8-52-37-10-9-27-16-32(37)34(41(52)33-18-29(21-46-39(33)26(3)57-7)51-13-11-50(6)12-14-51)20-45(4,5)24-58-44(56)40-31-17-28(31)22-53(49-40)43(55)35(19-38-47-36(27)23-59-38)48-42(54)30-15-25(30)2/h9-10,16,18,21,23,25-26,28,30-31,35,40,49H,8,11-15,17,19-20,22,24H2,1-7H3,(H,48,54)/t25-,26-,28-,30-,31-,35-,40-/m0/s1. The molecular formula is C45H58N8O5S. The molecular weight excluding hydrogens is 765 g/mol. The molecule has 314 valence electrons. The summed E-state index contributed by atoms with van der Waals surface area (Å²) >= 11 is 1.50. The van der Waals surface area contributed by atoms with E-state index in [1.807, 2.05) is 6.20 Å². The number of carbonyl (C=O) groups is 3. The van der Waals surface area contributed by atoms with Gasteiger partial charge in [0.2, 0.25) is 5.91 Å². The lowest BCUT2D eigenvalue weighted by molar-refractivity contribution is -0.156. The zero-order valence-corrected chi connectivity index (χ0v) is 36.2. The summed E-state index contributed by atoms with van der Waals surface area (Å²) in [5.41, 5.74) is 11.0. The minimum absolute atomic E-state index is 0.0871. The van der Waals surface area contributed by atoms with Crippen LogP contribution in [0.1, 0.15) is 69.8 Å². The summed E-state index contributed by atoms with van der Waals surface area (Å²) in [6.45, 7) is 15.8. The van der Waals surface area contributed by atoms with Crippen molar-refractivity contribution in [3.8, 4) is 22.5 Å². The number of pyridine rings is 1. The first kappa shape index (κ1) is 40.1. The van der Waals surface area contributed by atoms with E-state index in [9.17, 15) is 14.4 Å². The number of hydrazine groups is 1. The second kappa shape index (κ2) is 15.6. The SMILES string of the molecule is CCn1c(-c2cc(N3CCN(C)CC3)cnc2[C@H](C)OC)c2c3cc(ccc31)-c1csc(n1)C[C@H](NC(=O)[C@H]1C[C@@H]1C)C(=O)N1C[C@@H]3C[C@@H]3[C@H](N1)C(=O)OCC(C)(C)C2. The number of hydrogen-bond acceptors (Lipinski definition) is 11. The first-order valence-electron chi connectivity index (χ1n) is 21.4. The fourth-order valence-corrected chi connectivity index (χ4v) is 10.3. The Morgan fingerprint density at radius 1 is 1.15 bits per heavy atom. The number of amides is 2. The molecule has 0 spiro atoms. The van der Waals surface area contributed by atoms with Crippen LogP contribution in [0.2, 0.25) is 0 Å². The number of nitrogens with one attached hydrogen (secondary N) is 2. The highest BCUT2D eigenvalue weighted by Crippen LogP contribution is 2.46. The highest BCUT2D eigenvalue weighted by Gasteiger charge is 2.53. The number of aromatic nitrogens is 3. The molecule has 2 aliphatic carbocycles. The van der Waals surface area contributed by atoms with Crippen molar-refractivity contribution in [2.45, 2.75) is 85.0 Å². The summed E-state index contributed by atoms with van der Waals surface area (Å²) < 4.78 is 14.6. The number of anilines is 1. The Labute approximate surface area is 350 Å². The number of likely N-dealkylation sites (N-methyl/N-ethyl adjacent to an activating group) is 1. The van der Waals surface area contributed by atoms with Crippen LogP contribution in [0.4, 0.5) is 5.69 Å². The molecule has 6 bridgehead atoms. The minimum Gasteiger partial charge on any atom is -0.464 e. The minimum atomic E-state index is -0.819. The van der Waals surface area contributed by atoms with Crippen LogP contribution in [0.5, 0.6) is 0 Å². The van der Waals surface area contributed by atoms with Gasteiger partial charge in [-0.15, -0.1) is 11.3 Å².